The minimum Gasteiger partial charge on any atom is -0.315 e. The van der Waals surface area contributed by atoms with E-state index in [1.54, 1.807) is 0 Å². The highest BCUT2D eigenvalue weighted by molar-refractivity contribution is 7.91. The van der Waals surface area contributed by atoms with Crippen LogP contribution in [-0.2, 0) is 9.84 Å². The molecule has 3 nitrogen and oxygen atoms in total. The maximum atomic E-state index is 11.5. The minimum atomic E-state index is -2.84. The van der Waals surface area contributed by atoms with Gasteiger partial charge in [0.1, 0.15) is 0 Å². The van der Waals surface area contributed by atoms with Gasteiger partial charge in [0.15, 0.2) is 9.84 Å². The number of sulfone groups is 1. The lowest BCUT2D eigenvalue weighted by atomic mass is 9.80. The van der Waals surface area contributed by atoms with E-state index in [2.05, 4.69) is 5.32 Å². The fourth-order valence-corrected chi connectivity index (χ4v) is 4.37. The van der Waals surface area contributed by atoms with Crippen LogP contribution in [0.3, 0.4) is 0 Å². The molecule has 0 amide bonds. The molecule has 0 heterocycles. The summed E-state index contributed by atoms with van der Waals surface area (Å²) in [5.41, 5.74) is 0. The first-order valence-electron chi connectivity index (χ1n) is 7.06. The molecule has 0 aromatic heterocycles. The molecule has 0 spiro atoms. The standard InChI is InChI=1S/C13H26ClNO2S/c1-2-8-18(16,17)9-7-15-11-13-6-4-3-5-12(13)10-14/h12-13,15H,2-11H2,1H3. The Labute approximate surface area is 117 Å². The van der Waals surface area contributed by atoms with Crippen LogP contribution in [-0.4, -0.2) is 38.9 Å². The summed E-state index contributed by atoms with van der Waals surface area (Å²) in [6.07, 6.45) is 5.74. The van der Waals surface area contributed by atoms with Gasteiger partial charge in [0.2, 0.25) is 0 Å². The van der Waals surface area contributed by atoms with Crippen molar-refractivity contribution in [3.63, 3.8) is 0 Å². The first-order chi connectivity index (χ1) is 8.59. The van der Waals surface area contributed by atoms with Crippen LogP contribution < -0.4 is 5.32 Å². The lowest BCUT2D eigenvalue weighted by Crippen LogP contribution is -2.34. The molecule has 2 unspecified atom stereocenters. The zero-order valence-corrected chi connectivity index (χ0v) is 12.9. The molecule has 0 aliphatic heterocycles. The fourth-order valence-electron chi connectivity index (χ4n) is 2.68. The van der Waals surface area contributed by atoms with Crippen LogP contribution in [0.2, 0.25) is 0 Å². The molecule has 1 rings (SSSR count). The average Bonchev–Trinajstić information content (AvgIpc) is 2.35. The van der Waals surface area contributed by atoms with Crippen molar-refractivity contribution in [1.29, 1.82) is 0 Å². The van der Waals surface area contributed by atoms with Crippen LogP contribution in [0.4, 0.5) is 0 Å². The Kier molecular flexibility index (Phi) is 7.57. The zero-order chi connectivity index (χ0) is 13.4. The SMILES string of the molecule is CCCS(=O)(=O)CCNCC1CCCCC1CCl. The molecule has 1 fully saturated rings. The smallest absolute Gasteiger partial charge is 0.151 e. The molecule has 1 saturated carbocycles. The number of halogens is 1. The second-order valence-corrected chi connectivity index (χ2v) is 7.93. The molecule has 2 atom stereocenters. The van der Waals surface area contributed by atoms with Crippen molar-refractivity contribution in [3.8, 4) is 0 Å². The molecule has 108 valence electrons. The van der Waals surface area contributed by atoms with Crippen LogP contribution in [0, 0.1) is 11.8 Å². The number of alkyl halides is 1. The summed E-state index contributed by atoms with van der Waals surface area (Å²) in [6, 6.07) is 0. The van der Waals surface area contributed by atoms with Gasteiger partial charge in [-0.25, -0.2) is 8.42 Å². The Balaban J connectivity index is 2.20. The van der Waals surface area contributed by atoms with Gasteiger partial charge in [-0.3, -0.25) is 0 Å². The van der Waals surface area contributed by atoms with Gasteiger partial charge in [-0.15, -0.1) is 11.6 Å². The Hall–Kier alpha value is 0.200. The van der Waals surface area contributed by atoms with Crippen molar-refractivity contribution < 1.29 is 8.42 Å². The van der Waals surface area contributed by atoms with Crippen molar-refractivity contribution in [2.24, 2.45) is 11.8 Å². The van der Waals surface area contributed by atoms with Crippen molar-refractivity contribution >= 4 is 21.4 Å². The molecule has 0 aromatic rings. The first-order valence-corrected chi connectivity index (χ1v) is 9.41. The quantitative estimate of drug-likeness (QED) is 0.553. The predicted octanol–water partition coefficient (Wildman–Crippen LogP) is 2.45. The van der Waals surface area contributed by atoms with Crippen LogP contribution in [0.25, 0.3) is 0 Å². The third-order valence-corrected chi connectivity index (χ3v) is 6.03. The molecule has 1 aliphatic carbocycles. The highest BCUT2D eigenvalue weighted by Gasteiger charge is 2.23. The molecule has 1 N–H and O–H groups in total. The average molecular weight is 296 g/mol. The van der Waals surface area contributed by atoms with E-state index in [1.165, 1.54) is 25.7 Å². The Bertz CT molecular complexity index is 319. The molecular formula is C13H26ClNO2S. The van der Waals surface area contributed by atoms with E-state index in [0.29, 0.717) is 30.6 Å². The molecule has 0 bridgehead atoms. The van der Waals surface area contributed by atoms with Crippen LogP contribution >= 0.6 is 11.6 Å². The molecule has 5 heteroatoms. The molecule has 18 heavy (non-hydrogen) atoms. The van der Waals surface area contributed by atoms with E-state index in [0.717, 1.165) is 12.4 Å². The van der Waals surface area contributed by atoms with Gasteiger partial charge < -0.3 is 5.32 Å². The number of hydrogen-bond donors (Lipinski definition) is 1. The van der Waals surface area contributed by atoms with E-state index < -0.39 is 9.84 Å². The largest absolute Gasteiger partial charge is 0.315 e. The lowest BCUT2D eigenvalue weighted by molar-refractivity contribution is 0.252. The second-order valence-electron chi connectivity index (χ2n) is 5.31. The summed E-state index contributed by atoms with van der Waals surface area (Å²) < 4.78 is 23.1. The van der Waals surface area contributed by atoms with Gasteiger partial charge in [0, 0.05) is 18.2 Å². The summed E-state index contributed by atoms with van der Waals surface area (Å²) in [4.78, 5) is 0. The van der Waals surface area contributed by atoms with E-state index >= 15 is 0 Å². The maximum Gasteiger partial charge on any atom is 0.151 e. The Morgan fingerprint density at radius 1 is 1.17 bits per heavy atom. The van der Waals surface area contributed by atoms with E-state index in [-0.39, 0.29) is 5.75 Å². The monoisotopic (exact) mass is 295 g/mol. The zero-order valence-electron chi connectivity index (χ0n) is 11.3. The highest BCUT2D eigenvalue weighted by atomic mass is 35.5. The van der Waals surface area contributed by atoms with Gasteiger partial charge in [-0.05, 0) is 37.6 Å². The van der Waals surface area contributed by atoms with E-state index in [1.807, 2.05) is 6.92 Å². The third kappa shape index (κ3) is 5.89. The topological polar surface area (TPSA) is 46.2 Å². The molecule has 1 aliphatic rings. The highest BCUT2D eigenvalue weighted by Crippen LogP contribution is 2.30. The molecular weight excluding hydrogens is 270 g/mol. The predicted molar refractivity (Wildman–Crippen MR) is 78.0 cm³/mol. The van der Waals surface area contributed by atoms with Crippen LogP contribution in [0.15, 0.2) is 0 Å². The van der Waals surface area contributed by atoms with Gasteiger partial charge >= 0.3 is 0 Å². The van der Waals surface area contributed by atoms with Crippen LogP contribution in [0.1, 0.15) is 39.0 Å². The van der Waals surface area contributed by atoms with Crippen molar-refractivity contribution in [2.45, 2.75) is 39.0 Å². The Morgan fingerprint density at radius 3 is 2.44 bits per heavy atom. The number of rotatable bonds is 8. The number of nitrogens with one attached hydrogen (secondary N) is 1. The van der Waals surface area contributed by atoms with E-state index in [9.17, 15) is 8.42 Å². The fraction of sp³-hybridized carbons (Fsp3) is 1.00. The van der Waals surface area contributed by atoms with Gasteiger partial charge in [-0.2, -0.15) is 0 Å². The maximum absolute atomic E-state index is 11.5. The Morgan fingerprint density at radius 2 is 1.83 bits per heavy atom. The van der Waals surface area contributed by atoms with E-state index in [4.69, 9.17) is 11.6 Å². The van der Waals surface area contributed by atoms with Gasteiger partial charge in [-0.1, -0.05) is 19.8 Å². The van der Waals surface area contributed by atoms with Crippen molar-refractivity contribution in [1.82, 2.24) is 5.32 Å². The summed E-state index contributed by atoms with van der Waals surface area (Å²) in [6.45, 7) is 3.39. The summed E-state index contributed by atoms with van der Waals surface area (Å²) in [5.74, 6) is 2.55. The van der Waals surface area contributed by atoms with Gasteiger partial charge in [0.25, 0.3) is 0 Å². The third-order valence-electron chi connectivity index (χ3n) is 3.78. The molecule has 0 saturated heterocycles. The summed E-state index contributed by atoms with van der Waals surface area (Å²) in [7, 11) is -2.84. The lowest BCUT2D eigenvalue weighted by Gasteiger charge is -2.30. The first kappa shape index (κ1) is 16.3. The minimum absolute atomic E-state index is 0.263. The van der Waals surface area contributed by atoms with Crippen LogP contribution in [0.5, 0.6) is 0 Å². The molecule has 0 aromatic carbocycles. The molecule has 0 radical (unpaired) electrons. The normalized spacial score (nSPS) is 25.2. The van der Waals surface area contributed by atoms with Gasteiger partial charge in [0.05, 0.1) is 5.75 Å². The number of hydrogen-bond acceptors (Lipinski definition) is 3. The van der Waals surface area contributed by atoms with Crippen molar-refractivity contribution in [3.05, 3.63) is 0 Å². The summed E-state index contributed by atoms with van der Waals surface area (Å²) in [5, 5.41) is 3.30. The summed E-state index contributed by atoms with van der Waals surface area (Å²) >= 11 is 5.98. The van der Waals surface area contributed by atoms with Crippen molar-refractivity contribution in [2.75, 3.05) is 30.5 Å². The second kappa shape index (κ2) is 8.39.